The molecule has 0 bridgehead atoms. The maximum Gasteiger partial charge on any atom is 0.326 e. The van der Waals surface area contributed by atoms with Crippen molar-refractivity contribution < 1.29 is 14.3 Å². The fourth-order valence-electron chi connectivity index (χ4n) is 4.54. The van der Waals surface area contributed by atoms with Crippen LogP contribution in [0, 0.1) is 5.92 Å². The normalized spacial score (nSPS) is 21.3. The molecule has 3 N–H and O–H groups in total. The summed E-state index contributed by atoms with van der Waals surface area (Å²) in [5.41, 5.74) is 7.56. The molecule has 32 heavy (non-hydrogen) atoms. The lowest BCUT2D eigenvalue weighted by Crippen LogP contribution is -2.42. The molecule has 172 valence electrons. The molecule has 7 heteroatoms. The standard InChI is InChI=1S/C25H34N4O3/c26-19-20-9-10-23(17-20)29(25(30)27-21-5-2-1-3-6-21)22-7-4-8-24(18-22)32-16-13-28-11-14-31-15-12-28/h1-8,18,20,23H,9-17,19,26H2,(H,27,30). The minimum Gasteiger partial charge on any atom is -0.492 e. The number of carbonyl (C=O) groups excluding carboxylic acids is 1. The van der Waals surface area contributed by atoms with Gasteiger partial charge in [0, 0.05) is 43.1 Å². The van der Waals surface area contributed by atoms with Crippen LogP contribution in [0.2, 0.25) is 0 Å². The van der Waals surface area contributed by atoms with Gasteiger partial charge < -0.3 is 20.5 Å². The first kappa shape index (κ1) is 22.6. The Morgan fingerprint density at radius 3 is 2.69 bits per heavy atom. The molecule has 4 rings (SSSR count). The summed E-state index contributed by atoms with van der Waals surface area (Å²) in [7, 11) is 0. The lowest BCUT2D eigenvalue weighted by molar-refractivity contribution is 0.0322. The molecular formula is C25H34N4O3. The highest BCUT2D eigenvalue weighted by molar-refractivity contribution is 6.02. The van der Waals surface area contributed by atoms with E-state index in [2.05, 4.69) is 10.2 Å². The van der Waals surface area contributed by atoms with Gasteiger partial charge in [0.2, 0.25) is 0 Å². The van der Waals surface area contributed by atoms with Gasteiger partial charge in [-0.15, -0.1) is 0 Å². The number of nitrogens with one attached hydrogen (secondary N) is 1. The van der Waals surface area contributed by atoms with E-state index in [1.165, 1.54) is 0 Å². The molecule has 2 aromatic carbocycles. The topological polar surface area (TPSA) is 80.1 Å². The molecule has 0 radical (unpaired) electrons. The quantitative estimate of drug-likeness (QED) is 0.659. The number of urea groups is 1. The maximum atomic E-state index is 13.4. The average molecular weight is 439 g/mol. The first-order valence-electron chi connectivity index (χ1n) is 11.6. The van der Waals surface area contributed by atoms with Crippen LogP contribution in [-0.4, -0.2) is 63.0 Å². The fourth-order valence-corrected chi connectivity index (χ4v) is 4.54. The largest absolute Gasteiger partial charge is 0.492 e. The number of amides is 2. The number of nitrogens with two attached hydrogens (primary N) is 1. The number of hydrogen-bond acceptors (Lipinski definition) is 5. The summed E-state index contributed by atoms with van der Waals surface area (Å²) in [5, 5.41) is 3.05. The number of hydrogen-bond donors (Lipinski definition) is 2. The van der Waals surface area contributed by atoms with Crippen molar-refractivity contribution in [2.75, 3.05) is 56.2 Å². The molecule has 2 atom stereocenters. The molecular weight excluding hydrogens is 404 g/mol. The summed E-state index contributed by atoms with van der Waals surface area (Å²) in [6.07, 6.45) is 2.92. The van der Waals surface area contributed by atoms with Crippen molar-refractivity contribution in [2.24, 2.45) is 11.7 Å². The van der Waals surface area contributed by atoms with Crippen LogP contribution >= 0.6 is 0 Å². The average Bonchev–Trinajstić information content (AvgIpc) is 3.30. The van der Waals surface area contributed by atoms with Crippen molar-refractivity contribution in [2.45, 2.75) is 25.3 Å². The van der Waals surface area contributed by atoms with Gasteiger partial charge in [-0.05, 0) is 56.0 Å². The first-order chi connectivity index (χ1) is 15.7. The zero-order chi connectivity index (χ0) is 22.2. The van der Waals surface area contributed by atoms with Gasteiger partial charge in [0.25, 0.3) is 0 Å². The smallest absolute Gasteiger partial charge is 0.326 e. The summed E-state index contributed by atoms with van der Waals surface area (Å²) >= 11 is 0. The third kappa shape index (κ3) is 6.00. The molecule has 0 spiro atoms. The van der Waals surface area contributed by atoms with E-state index < -0.39 is 0 Å². The number of benzene rings is 2. The zero-order valence-electron chi connectivity index (χ0n) is 18.6. The Hall–Kier alpha value is -2.61. The Kier molecular flexibility index (Phi) is 7.98. The maximum absolute atomic E-state index is 13.4. The Bertz CT molecular complexity index is 857. The monoisotopic (exact) mass is 438 g/mol. The molecule has 2 fully saturated rings. The molecule has 1 heterocycles. The van der Waals surface area contributed by atoms with Crippen LogP contribution < -0.4 is 20.7 Å². The van der Waals surface area contributed by atoms with Crippen molar-refractivity contribution in [3.8, 4) is 5.75 Å². The summed E-state index contributed by atoms with van der Waals surface area (Å²) in [5.74, 6) is 1.24. The Balaban J connectivity index is 1.46. The van der Waals surface area contributed by atoms with Crippen LogP contribution in [0.4, 0.5) is 16.2 Å². The third-order valence-corrected chi connectivity index (χ3v) is 6.33. The van der Waals surface area contributed by atoms with Crippen molar-refractivity contribution in [1.29, 1.82) is 0 Å². The van der Waals surface area contributed by atoms with Crippen LogP contribution in [0.5, 0.6) is 5.75 Å². The van der Waals surface area contributed by atoms with Crippen LogP contribution in [0.25, 0.3) is 0 Å². The second-order valence-electron chi connectivity index (χ2n) is 8.53. The minimum absolute atomic E-state index is 0.121. The molecule has 2 unspecified atom stereocenters. The van der Waals surface area contributed by atoms with Gasteiger partial charge in [0.1, 0.15) is 12.4 Å². The third-order valence-electron chi connectivity index (χ3n) is 6.33. The lowest BCUT2D eigenvalue weighted by Gasteiger charge is -2.30. The molecule has 1 saturated heterocycles. The van der Waals surface area contributed by atoms with E-state index in [-0.39, 0.29) is 12.1 Å². The second-order valence-corrected chi connectivity index (χ2v) is 8.53. The van der Waals surface area contributed by atoms with Gasteiger partial charge in [0.05, 0.1) is 13.2 Å². The number of ether oxygens (including phenoxy) is 2. The highest BCUT2D eigenvalue weighted by Crippen LogP contribution is 2.33. The minimum atomic E-state index is -0.121. The second kappa shape index (κ2) is 11.3. The molecule has 0 aromatic heterocycles. The highest BCUT2D eigenvalue weighted by Gasteiger charge is 2.32. The number of rotatable bonds is 8. The van der Waals surface area contributed by atoms with E-state index in [0.29, 0.717) is 19.1 Å². The molecule has 1 aliphatic heterocycles. The van der Waals surface area contributed by atoms with E-state index >= 15 is 0 Å². The van der Waals surface area contributed by atoms with Crippen molar-refractivity contribution >= 4 is 17.4 Å². The summed E-state index contributed by atoms with van der Waals surface area (Å²) in [6, 6.07) is 17.4. The van der Waals surface area contributed by atoms with Crippen molar-refractivity contribution in [3.05, 3.63) is 54.6 Å². The number of carbonyl (C=O) groups is 1. The van der Waals surface area contributed by atoms with Crippen molar-refractivity contribution in [3.63, 3.8) is 0 Å². The predicted molar refractivity (Wildman–Crippen MR) is 127 cm³/mol. The van der Waals surface area contributed by atoms with Gasteiger partial charge in [-0.3, -0.25) is 9.80 Å². The van der Waals surface area contributed by atoms with Crippen LogP contribution in [0.15, 0.2) is 54.6 Å². The van der Waals surface area contributed by atoms with E-state index in [0.717, 1.165) is 69.2 Å². The van der Waals surface area contributed by atoms with E-state index in [9.17, 15) is 4.79 Å². The Morgan fingerprint density at radius 2 is 1.94 bits per heavy atom. The first-order valence-corrected chi connectivity index (χ1v) is 11.6. The number of para-hydroxylation sites is 1. The molecule has 1 aliphatic carbocycles. The molecule has 1 saturated carbocycles. The van der Waals surface area contributed by atoms with Gasteiger partial charge in [-0.2, -0.15) is 0 Å². The molecule has 7 nitrogen and oxygen atoms in total. The Labute approximate surface area is 190 Å². The predicted octanol–water partition coefficient (Wildman–Crippen LogP) is 3.56. The SMILES string of the molecule is NCC1CCC(N(C(=O)Nc2ccccc2)c2cccc(OCCN3CCOCC3)c2)C1. The number of nitrogens with zero attached hydrogens (tertiary/aromatic N) is 2. The number of anilines is 2. The van der Waals surface area contributed by atoms with Crippen LogP contribution in [0.1, 0.15) is 19.3 Å². The van der Waals surface area contributed by atoms with Gasteiger partial charge in [0.15, 0.2) is 0 Å². The molecule has 2 aliphatic rings. The summed E-state index contributed by atoms with van der Waals surface area (Å²) in [4.78, 5) is 17.6. The van der Waals surface area contributed by atoms with Crippen LogP contribution in [-0.2, 0) is 4.74 Å². The fraction of sp³-hybridized carbons (Fsp3) is 0.480. The Morgan fingerprint density at radius 1 is 1.12 bits per heavy atom. The van der Waals surface area contributed by atoms with Gasteiger partial charge in [-0.1, -0.05) is 24.3 Å². The van der Waals surface area contributed by atoms with Gasteiger partial charge in [-0.25, -0.2) is 4.79 Å². The van der Waals surface area contributed by atoms with E-state index in [1.807, 2.05) is 59.5 Å². The molecule has 2 aromatic rings. The van der Waals surface area contributed by atoms with Crippen molar-refractivity contribution in [1.82, 2.24) is 4.90 Å². The summed E-state index contributed by atoms with van der Waals surface area (Å²) in [6.45, 7) is 5.60. The highest BCUT2D eigenvalue weighted by atomic mass is 16.5. The van der Waals surface area contributed by atoms with E-state index in [4.69, 9.17) is 15.2 Å². The lowest BCUT2D eigenvalue weighted by atomic mass is 10.1. The van der Waals surface area contributed by atoms with Gasteiger partial charge >= 0.3 is 6.03 Å². The summed E-state index contributed by atoms with van der Waals surface area (Å²) < 4.78 is 11.4. The number of morpholine rings is 1. The molecule has 2 amide bonds. The van der Waals surface area contributed by atoms with Crippen LogP contribution in [0.3, 0.4) is 0 Å². The van der Waals surface area contributed by atoms with E-state index in [1.54, 1.807) is 0 Å². The zero-order valence-corrected chi connectivity index (χ0v) is 18.6.